The molecule has 7 heteroatoms. The molecule has 0 bridgehead atoms. The third kappa shape index (κ3) is 4.52. The Morgan fingerprint density at radius 2 is 1.83 bits per heavy atom. The molecule has 0 aliphatic carbocycles. The van der Waals surface area contributed by atoms with Crippen LogP contribution >= 0.6 is 0 Å². The Balaban J connectivity index is 1.41. The molecule has 0 saturated carbocycles. The highest BCUT2D eigenvalue weighted by molar-refractivity contribution is 5.99. The second kappa shape index (κ2) is 8.43. The summed E-state index contributed by atoms with van der Waals surface area (Å²) in [6.45, 7) is 2.66. The lowest BCUT2D eigenvalue weighted by Crippen LogP contribution is -2.23. The second-order valence-electron chi connectivity index (χ2n) is 6.54. The first-order valence-corrected chi connectivity index (χ1v) is 9.22. The van der Waals surface area contributed by atoms with E-state index in [2.05, 4.69) is 20.8 Å². The molecule has 0 radical (unpaired) electrons. The lowest BCUT2D eigenvalue weighted by Gasteiger charge is -2.10. The molecule has 0 saturated heterocycles. The number of nitrogens with zero attached hydrogens (tertiary/aromatic N) is 2. The number of hydrogen-bond acceptors (Lipinski definition) is 6. The summed E-state index contributed by atoms with van der Waals surface area (Å²) in [5.74, 6) is 1.46. The average Bonchev–Trinajstić information content (AvgIpc) is 3.43. The number of furan rings is 1. The van der Waals surface area contributed by atoms with Crippen molar-refractivity contribution in [1.29, 1.82) is 0 Å². The molecule has 7 nitrogen and oxygen atoms in total. The third-order valence-electron chi connectivity index (χ3n) is 4.38. The maximum Gasteiger partial charge on any atom is 0.253 e. The number of aryl methyl sites for hydroxylation is 1. The molecular weight excluding hydrogens is 368 g/mol. The number of hydrogen-bond donors (Lipinski definition) is 2. The number of benzene rings is 2. The minimum Gasteiger partial charge on any atom is -0.467 e. The summed E-state index contributed by atoms with van der Waals surface area (Å²) in [6.07, 6.45) is 1.58. The molecule has 2 aromatic heterocycles. The van der Waals surface area contributed by atoms with Gasteiger partial charge in [0.05, 0.1) is 24.9 Å². The van der Waals surface area contributed by atoms with Crippen molar-refractivity contribution in [2.24, 2.45) is 0 Å². The van der Waals surface area contributed by atoms with Crippen LogP contribution in [0, 0.1) is 6.92 Å². The van der Waals surface area contributed by atoms with Gasteiger partial charge in [0.1, 0.15) is 5.76 Å². The van der Waals surface area contributed by atoms with Gasteiger partial charge in [-0.05, 0) is 31.2 Å². The van der Waals surface area contributed by atoms with E-state index >= 15 is 0 Å². The number of aromatic nitrogens is 2. The van der Waals surface area contributed by atoms with Gasteiger partial charge in [0.25, 0.3) is 5.91 Å². The van der Waals surface area contributed by atoms with Gasteiger partial charge < -0.3 is 19.6 Å². The van der Waals surface area contributed by atoms with Crippen molar-refractivity contribution in [2.75, 3.05) is 5.32 Å². The Kier molecular flexibility index (Phi) is 5.38. The largest absolute Gasteiger partial charge is 0.467 e. The summed E-state index contributed by atoms with van der Waals surface area (Å²) >= 11 is 0. The van der Waals surface area contributed by atoms with Gasteiger partial charge in [0, 0.05) is 11.3 Å². The molecule has 0 fully saturated rings. The molecule has 0 atom stereocenters. The molecule has 0 aliphatic rings. The van der Waals surface area contributed by atoms with Gasteiger partial charge in [0.15, 0.2) is 0 Å². The van der Waals surface area contributed by atoms with Gasteiger partial charge >= 0.3 is 0 Å². The van der Waals surface area contributed by atoms with Crippen LogP contribution in [-0.4, -0.2) is 16.0 Å². The fraction of sp³-hybridized carbons (Fsp3) is 0.136. The van der Waals surface area contributed by atoms with Crippen molar-refractivity contribution in [1.82, 2.24) is 15.5 Å². The highest BCUT2D eigenvalue weighted by Crippen LogP contribution is 2.19. The number of para-hydroxylation sites is 1. The number of amides is 1. The Morgan fingerprint density at radius 3 is 2.62 bits per heavy atom. The molecule has 2 aromatic carbocycles. The summed E-state index contributed by atoms with van der Waals surface area (Å²) in [5, 5.41) is 10.1. The zero-order valence-corrected chi connectivity index (χ0v) is 15.9. The summed E-state index contributed by atoms with van der Waals surface area (Å²) in [4.78, 5) is 17.0. The van der Waals surface area contributed by atoms with Gasteiger partial charge in [-0.3, -0.25) is 4.79 Å². The molecule has 29 heavy (non-hydrogen) atoms. The average molecular weight is 388 g/mol. The van der Waals surface area contributed by atoms with Crippen LogP contribution in [0.4, 0.5) is 5.69 Å². The van der Waals surface area contributed by atoms with E-state index in [0.29, 0.717) is 41.8 Å². The molecule has 1 amide bonds. The Bertz CT molecular complexity index is 1090. The van der Waals surface area contributed by atoms with Crippen LogP contribution in [0.3, 0.4) is 0 Å². The molecular formula is C22H20N4O3. The molecule has 0 spiro atoms. The van der Waals surface area contributed by atoms with Gasteiger partial charge in [0.2, 0.25) is 11.7 Å². The zero-order valence-electron chi connectivity index (χ0n) is 15.9. The van der Waals surface area contributed by atoms with Crippen LogP contribution in [0.5, 0.6) is 0 Å². The summed E-state index contributed by atoms with van der Waals surface area (Å²) in [7, 11) is 0. The molecule has 0 aliphatic heterocycles. The SMILES string of the molecule is Cc1ccc(-c2noc(CNc3ccccc3C(=O)NCc3ccco3)n2)cc1. The van der Waals surface area contributed by atoms with E-state index in [1.807, 2.05) is 55.5 Å². The molecule has 0 unspecified atom stereocenters. The van der Waals surface area contributed by atoms with Crippen molar-refractivity contribution in [2.45, 2.75) is 20.0 Å². The lowest BCUT2D eigenvalue weighted by atomic mass is 10.1. The van der Waals surface area contributed by atoms with Gasteiger partial charge in [-0.2, -0.15) is 4.98 Å². The number of rotatable bonds is 7. The van der Waals surface area contributed by atoms with Crippen molar-refractivity contribution in [3.8, 4) is 11.4 Å². The number of carbonyl (C=O) groups is 1. The van der Waals surface area contributed by atoms with Crippen LogP contribution in [0.25, 0.3) is 11.4 Å². The van der Waals surface area contributed by atoms with E-state index < -0.39 is 0 Å². The van der Waals surface area contributed by atoms with Crippen LogP contribution in [0.2, 0.25) is 0 Å². The standard InChI is InChI=1S/C22H20N4O3/c1-15-8-10-16(11-9-15)21-25-20(29-26-21)14-23-19-7-3-2-6-18(19)22(27)24-13-17-5-4-12-28-17/h2-12,23H,13-14H2,1H3,(H,24,27). The maximum absolute atomic E-state index is 12.5. The van der Waals surface area contributed by atoms with Gasteiger partial charge in [-0.1, -0.05) is 47.1 Å². The van der Waals surface area contributed by atoms with E-state index in [1.54, 1.807) is 18.4 Å². The topological polar surface area (TPSA) is 93.2 Å². The monoisotopic (exact) mass is 388 g/mol. The summed E-state index contributed by atoms with van der Waals surface area (Å²) < 4.78 is 10.6. The fourth-order valence-corrected chi connectivity index (χ4v) is 2.83. The first-order valence-electron chi connectivity index (χ1n) is 9.22. The smallest absolute Gasteiger partial charge is 0.253 e. The first-order chi connectivity index (χ1) is 14.2. The Hall–Kier alpha value is -3.87. The highest BCUT2D eigenvalue weighted by Gasteiger charge is 2.13. The first kappa shape index (κ1) is 18.5. The Morgan fingerprint density at radius 1 is 1.00 bits per heavy atom. The maximum atomic E-state index is 12.5. The molecule has 146 valence electrons. The van der Waals surface area contributed by atoms with E-state index in [0.717, 1.165) is 5.56 Å². The molecule has 2 heterocycles. The molecule has 2 N–H and O–H groups in total. The van der Waals surface area contributed by atoms with Gasteiger partial charge in [-0.15, -0.1) is 0 Å². The molecule has 4 rings (SSSR count). The normalized spacial score (nSPS) is 10.7. The minimum absolute atomic E-state index is 0.199. The summed E-state index contributed by atoms with van der Waals surface area (Å²) in [6, 6.07) is 18.8. The van der Waals surface area contributed by atoms with Gasteiger partial charge in [-0.25, -0.2) is 0 Å². The predicted octanol–water partition coefficient (Wildman–Crippen LogP) is 4.18. The number of nitrogens with one attached hydrogen (secondary N) is 2. The third-order valence-corrected chi connectivity index (χ3v) is 4.38. The van der Waals surface area contributed by atoms with Crippen molar-refractivity contribution >= 4 is 11.6 Å². The van der Waals surface area contributed by atoms with Crippen molar-refractivity contribution in [3.63, 3.8) is 0 Å². The zero-order chi connectivity index (χ0) is 20.1. The van der Waals surface area contributed by atoms with E-state index in [1.165, 1.54) is 5.56 Å². The molecule has 4 aromatic rings. The predicted molar refractivity (Wildman–Crippen MR) is 108 cm³/mol. The van der Waals surface area contributed by atoms with E-state index in [-0.39, 0.29) is 5.91 Å². The van der Waals surface area contributed by atoms with Crippen LogP contribution in [-0.2, 0) is 13.1 Å². The minimum atomic E-state index is -0.199. The highest BCUT2D eigenvalue weighted by atomic mass is 16.5. The second-order valence-corrected chi connectivity index (χ2v) is 6.54. The summed E-state index contributed by atoms with van der Waals surface area (Å²) in [5.41, 5.74) is 3.27. The van der Waals surface area contributed by atoms with Crippen LogP contribution in [0.1, 0.15) is 27.6 Å². The lowest BCUT2D eigenvalue weighted by molar-refractivity contribution is 0.0949. The number of carbonyl (C=O) groups excluding carboxylic acids is 1. The van der Waals surface area contributed by atoms with E-state index in [4.69, 9.17) is 8.94 Å². The van der Waals surface area contributed by atoms with Crippen molar-refractivity contribution < 1.29 is 13.7 Å². The van der Waals surface area contributed by atoms with E-state index in [9.17, 15) is 4.79 Å². The van der Waals surface area contributed by atoms with Crippen LogP contribution < -0.4 is 10.6 Å². The quantitative estimate of drug-likeness (QED) is 0.493. The van der Waals surface area contributed by atoms with Crippen molar-refractivity contribution in [3.05, 3.63) is 89.7 Å². The van der Waals surface area contributed by atoms with Crippen LogP contribution in [0.15, 0.2) is 75.9 Å². The Labute approximate surface area is 167 Å². The number of anilines is 1. The fourth-order valence-electron chi connectivity index (χ4n) is 2.83.